The van der Waals surface area contributed by atoms with Crippen molar-refractivity contribution in [1.82, 2.24) is 0 Å². The summed E-state index contributed by atoms with van der Waals surface area (Å²) in [6.07, 6.45) is 0. The molecule has 0 unspecified atom stereocenters. The van der Waals surface area contributed by atoms with Gasteiger partial charge < -0.3 is 14.8 Å². The van der Waals surface area contributed by atoms with Crippen LogP contribution in [0.3, 0.4) is 0 Å². The highest BCUT2D eigenvalue weighted by atomic mass is 32.2. The van der Waals surface area contributed by atoms with E-state index < -0.39 is 22.5 Å². The van der Waals surface area contributed by atoms with Crippen LogP contribution in [0.2, 0.25) is 0 Å². The number of ether oxygens (including phenoxy) is 2. The Bertz CT molecular complexity index is 1390. The molecule has 0 bridgehead atoms. The van der Waals surface area contributed by atoms with Crippen LogP contribution in [0.15, 0.2) is 114 Å². The summed E-state index contributed by atoms with van der Waals surface area (Å²) in [5.41, 5.74) is 1.83. The van der Waals surface area contributed by atoms with Crippen LogP contribution in [0, 0.1) is 0 Å². The van der Waals surface area contributed by atoms with E-state index in [2.05, 4.69) is 5.32 Å². The van der Waals surface area contributed by atoms with Gasteiger partial charge in [0.05, 0.1) is 17.7 Å². The minimum atomic E-state index is -4.04. The molecule has 4 aromatic rings. The van der Waals surface area contributed by atoms with Gasteiger partial charge in [0, 0.05) is 5.69 Å². The number of para-hydroxylation sites is 2. The number of sulfonamides is 1. The number of nitrogens with one attached hydrogen (secondary N) is 1. The van der Waals surface area contributed by atoms with E-state index in [-0.39, 0.29) is 10.6 Å². The van der Waals surface area contributed by atoms with Crippen LogP contribution in [0.5, 0.6) is 11.5 Å². The average molecular weight is 503 g/mol. The number of amides is 1. The van der Waals surface area contributed by atoms with Gasteiger partial charge in [0.2, 0.25) is 5.91 Å². The molecule has 0 atom stereocenters. The number of hydrogen-bond acceptors (Lipinski definition) is 5. The van der Waals surface area contributed by atoms with E-state index in [1.165, 1.54) is 19.2 Å². The quantitative estimate of drug-likeness (QED) is 0.326. The van der Waals surface area contributed by atoms with Crippen LogP contribution in [-0.4, -0.2) is 28.0 Å². The predicted octanol–water partition coefficient (Wildman–Crippen LogP) is 5.11. The highest BCUT2D eigenvalue weighted by Crippen LogP contribution is 2.32. The largest absolute Gasteiger partial charge is 0.495 e. The van der Waals surface area contributed by atoms with E-state index in [9.17, 15) is 13.2 Å². The Kier molecular flexibility index (Phi) is 7.87. The molecule has 0 heterocycles. The number of nitrogens with zero attached hydrogens (tertiary/aromatic N) is 1. The van der Waals surface area contributed by atoms with Crippen molar-refractivity contribution >= 4 is 27.3 Å². The smallest absolute Gasteiger partial charge is 0.264 e. The molecule has 0 aliphatic heterocycles. The van der Waals surface area contributed by atoms with Gasteiger partial charge in [0.15, 0.2) is 0 Å². The van der Waals surface area contributed by atoms with Gasteiger partial charge in [-0.15, -0.1) is 0 Å². The first-order valence-electron chi connectivity index (χ1n) is 11.2. The van der Waals surface area contributed by atoms with Crippen molar-refractivity contribution in [3.8, 4) is 11.5 Å². The second-order valence-corrected chi connectivity index (χ2v) is 9.71. The minimum absolute atomic E-state index is 0.0728. The third-order valence-electron chi connectivity index (χ3n) is 5.36. The van der Waals surface area contributed by atoms with Crippen LogP contribution >= 0.6 is 0 Å². The summed E-state index contributed by atoms with van der Waals surface area (Å²) in [7, 11) is -2.59. The van der Waals surface area contributed by atoms with Gasteiger partial charge in [0.1, 0.15) is 24.7 Å². The molecule has 0 saturated heterocycles. The average Bonchev–Trinajstić information content (AvgIpc) is 2.92. The Labute approximate surface area is 211 Å². The molecular weight excluding hydrogens is 476 g/mol. The maximum Gasteiger partial charge on any atom is 0.264 e. The van der Waals surface area contributed by atoms with Crippen LogP contribution in [0.1, 0.15) is 5.56 Å². The van der Waals surface area contributed by atoms with E-state index >= 15 is 0 Å². The number of benzene rings is 4. The van der Waals surface area contributed by atoms with Crippen molar-refractivity contribution in [2.24, 2.45) is 0 Å². The molecule has 8 heteroatoms. The Morgan fingerprint density at radius 2 is 1.42 bits per heavy atom. The summed E-state index contributed by atoms with van der Waals surface area (Å²) >= 11 is 0. The van der Waals surface area contributed by atoms with Crippen LogP contribution in [0.25, 0.3) is 0 Å². The Morgan fingerprint density at radius 3 is 2.08 bits per heavy atom. The van der Waals surface area contributed by atoms with Gasteiger partial charge in [-0.05, 0) is 54.1 Å². The van der Waals surface area contributed by atoms with Crippen molar-refractivity contribution in [2.75, 3.05) is 23.3 Å². The maximum absolute atomic E-state index is 13.5. The molecule has 0 aliphatic rings. The number of carbonyl (C=O) groups excluding carboxylic acids is 1. The van der Waals surface area contributed by atoms with Crippen LogP contribution < -0.4 is 19.1 Å². The molecule has 1 amide bonds. The van der Waals surface area contributed by atoms with Gasteiger partial charge in [-0.3, -0.25) is 9.10 Å². The minimum Gasteiger partial charge on any atom is -0.495 e. The lowest BCUT2D eigenvalue weighted by molar-refractivity contribution is -0.114. The highest BCUT2D eigenvalue weighted by Gasteiger charge is 2.29. The third kappa shape index (κ3) is 6.03. The molecule has 0 fully saturated rings. The molecule has 0 saturated carbocycles. The lowest BCUT2D eigenvalue weighted by atomic mass is 10.2. The first-order chi connectivity index (χ1) is 17.5. The molecule has 1 N–H and O–H groups in total. The highest BCUT2D eigenvalue weighted by molar-refractivity contribution is 7.92. The van der Waals surface area contributed by atoms with Crippen molar-refractivity contribution < 1.29 is 22.7 Å². The van der Waals surface area contributed by atoms with Crippen LogP contribution in [-0.2, 0) is 21.4 Å². The lowest BCUT2D eigenvalue weighted by Gasteiger charge is -2.25. The Morgan fingerprint density at radius 1 is 0.806 bits per heavy atom. The number of anilines is 2. The zero-order valence-corrected chi connectivity index (χ0v) is 20.5. The number of carbonyl (C=O) groups is 1. The lowest BCUT2D eigenvalue weighted by Crippen LogP contribution is -2.38. The molecule has 4 rings (SSSR count). The van der Waals surface area contributed by atoms with Gasteiger partial charge in [-0.25, -0.2) is 8.42 Å². The first kappa shape index (κ1) is 24.8. The molecular formula is C28H26N2O5S. The zero-order chi connectivity index (χ0) is 25.4. The third-order valence-corrected chi connectivity index (χ3v) is 7.13. The standard InChI is InChI=1S/C28H26N2O5S/c1-34-27-15-9-8-14-26(27)30(36(32,33)25-12-6-3-7-13-25)20-28(31)29-23-16-18-24(19-17-23)35-21-22-10-4-2-5-11-22/h2-19H,20-21H2,1H3,(H,29,31). The summed E-state index contributed by atoms with van der Waals surface area (Å²) in [6.45, 7) is -0.0123. The van der Waals surface area contributed by atoms with Gasteiger partial charge in [-0.2, -0.15) is 0 Å². The molecule has 184 valence electrons. The van der Waals surface area contributed by atoms with Crippen molar-refractivity contribution in [2.45, 2.75) is 11.5 Å². The molecule has 0 spiro atoms. The SMILES string of the molecule is COc1ccccc1N(CC(=O)Nc1ccc(OCc2ccccc2)cc1)S(=O)(=O)c1ccccc1. The van der Waals surface area contributed by atoms with E-state index in [0.717, 1.165) is 9.87 Å². The van der Waals surface area contributed by atoms with Gasteiger partial charge in [0.25, 0.3) is 10.0 Å². The molecule has 0 radical (unpaired) electrons. The molecule has 0 aromatic heterocycles. The fourth-order valence-corrected chi connectivity index (χ4v) is 5.01. The van der Waals surface area contributed by atoms with Crippen molar-refractivity contribution in [1.29, 1.82) is 0 Å². The summed E-state index contributed by atoms with van der Waals surface area (Å²) in [4.78, 5) is 13.1. The summed E-state index contributed by atoms with van der Waals surface area (Å²) in [5.74, 6) is 0.488. The number of rotatable bonds is 10. The Balaban J connectivity index is 1.50. The summed E-state index contributed by atoms with van der Waals surface area (Å²) in [6, 6.07) is 31.4. The number of hydrogen-bond donors (Lipinski definition) is 1. The summed E-state index contributed by atoms with van der Waals surface area (Å²) in [5, 5.41) is 2.76. The maximum atomic E-state index is 13.5. The van der Waals surface area contributed by atoms with E-state index in [1.807, 2.05) is 30.3 Å². The van der Waals surface area contributed by atoms with Crippen LogP contribution in [0.4, 0.5) is 11.4 Å². The van der Waals surface area contributed by atoms with E-state index in [0.29, 0.717) is 23.8 Å². The van der Waals surface area contributed by atoms with Crippen molar-refractivity contribution in [3.05, 3.63) is 115 Å². The zero-order valence-electron chi connectivity index (χ0n) is 19.7. The molecule has 36 heavy (non-hydrogen) atoms. The van der Waals surface area contributed by atoms with Crippen molar-refractivity contribution in [3.63, 3.8) is 0 Å². The fourth-order valence-electron chi connectivity index (χ4n) is 3.56. The molecule has 0 aliphatic carbocycles. The van der Waals surface area contributed by atoms with E-state index in [1.54, 1.807) is 66.7 Å². The second kappa shape index (κ2) is 11.4. The number of methoxy groups -OCH3 is 1. The summed E-state index contributed by atoms with van der Waals surface area (Å²) < 4.78 is 39.2. The topological polar surface area (TPSA) is 84.9 Å². The second-order valence-electron chi connectivity index (χ2n) is 7.84. The monoisotopic (exact) mass is 502 g/mol. The first-order valence-corrected chi connectivity index (χ1v) is 12.7. The Hall–Kier alpha value is -4.30. The normalized spacial score (nSPS) is 10.9. The van der Waals surface area contributed by atoms with Gasteiger partial charge >= 0.3 is 0 Å². The fraction of sp³-hybridized carbons (Fsp3) is 0.107. The van der Waals surface area contributed by atoms with Gasteiger partial charge in [-0.1, -0.05) is 60.7 Å². The van der Waals surface area contributed by atoms with E-state index in [4.69, 9.17) is 9.47 Å². The molecule has 7 nitrogen and oxygen atoms in total. The predicted molar refractivity (Wildman–Crippen MR) is 140 cm³/mol. The molecule has 4 aromatic carbocycles.